The van der Waals surface area contributed by atoms with Gasteiger partial charge in [0.1, 0.15) is 6.10 Å². The van der Waals surface area contributed by atoms with Crippen molar-refractivity contribution in [2.45, 2.75) is 44.1 Å². The number of H-pyrrole nitrogens is 1. The van der Waals surface area contributed by atoms with Gasteiger partial charge >= 0.3 is 0 Å². The summed E-state index contributed by atoms with van der Waals surface area (Å²) in [5.41, 5.74) is 3.57. The summed E-state index contributed by atoms with van der Waals surface area (Å²) in [5, 5.41) is 7.71. The lowest BCUT2D eigenvalue weighted by atomic mass is 9.93. The quantitative estimate of drug-likeness (QED) is 0.932. The highest BCUT2D eigenvalue weighted by Crippen LogP contribution is 2.28. The number of hydrogen-bond donors (Lipinski definition) is 1. The van der Waals surface area contributed by atoms with Crippen molar-refractivity contribution in [2.75, 3.05) is 19.7 Å². The second kappa shape index (κ2) is 7.40. The zero-order valence-corrected chi connectivity index (χ0v) is 14.5. The number of nitrogens with one attached hydrogen (secondary N) is 1. The van der Waals surface area contributed by atoms with E-state index in [0.29, 0.717) is 5.92 Å². The summed E-state index contributed by atoms with van der Waals surface area (Å²) in [5.74, 6) is 0.622. The number of carbonyl (C=O) groups excluding carboxylic acids is 1. The molecular formula is C20H25N3O2. The lowest BCUT2D eigenvalue weighted by molar-refractivity contribution is -0.142. The Balaban J connectivity index is 1.32. The molecule has 2 saturated heterocycles. The largest absolute Gasteiger partial charge is 0.368 e. The number of hydrogen-bond acceptors (Lipinski definition) is 3. The number of aromatic nitrogens is 2. The predicted molar refractivity (Wildman–Crippen MR) is 95.4 cm³/mol. The van der Waals surface area contributed by atoms with E-state index in [2.05, 4.69) is 40.5 Å². The third-order valence-electron chi connectivity index (χ3n) is 5.32. The van der Waals surface area contributed by atoms with Crippen molar-refractivity contribution in [3.05, 3.63) is 53.3 Å². The van der Waals surface area contributed by atoms with Gasteiger partial charge in [-0.25, -0.2) is 0 Å². The van der Waals surface area contributed by atoms with E-state index in [1.54, 1.807) is 0 Å². The maximum atomic E-state index is 12.4. The normalized spacial score (nSPS) is 21.6. The van der Waals surface area contributed by atoms with Crippen LogP contribution in [0.5, 0.6) is 0 Å². The van der Waals surface area contributed by atoms with Gasteiger partial charge in [0.2, 0.25) is 0 Å². The summed E-state index contributed by atoms with van der Waals surface area (Å²) in [6.45, 7) is 2.35. The van der Waals surface area contributed by atoms with E-state index in [9.17, 15) is 4.79 Å². The van der Waals surface area contributed by atoms with Crippen LogP contribution in [0.15, 0.2) is 36.4 Å². The van der Waals surface area contributed by atoms with Gasteiger partial charge in [-0.3, -0.25) is 9.89 Å². The molecule has 4 rings (SSSR count). The summed E-state index contributed by atoms with van der Waals surface area (Å²) in [6, 6.07) is 12.6. The molecule has 2 aliphatic rings. The third kappa shape index (κ3) is 3.76. The number of benzene rings is 1. The van der Waals surface area contributed by atoms with Gasteiger partial charge in [0.05, 0.1) is 5.69 Å². The van der Waals surface area contributed by atoms with Crippen LogP contribution in [-0.4, -0.2) is 46.8 Å². The van der Waals surface area contributed by atoms with Gasteiger partial charge in [-0.15, -0.1) is 0 Å². The number of ether oxygens (including phenoxy) is 1. The first-order chi connectivity index (χ1) is 12.3. The lowest BCUT2D eigenvalue weighted by Gasteiger charge is -2.32. The van der Waals surface area contributed by atoms with Crippen LogP contribution in [0.4, 0.5) is 0 Å². The first-order valence-corrected chi connectivity index (χ1v) is 9.28. The Morgan fingerprint density at radius 3 is 2.72 bits per heavy atom. The first-order valence-electron chi connectivity index (χ1n) is 9.28. The molecule has 0 spiro atoms. The highest BCUT2D eigenvalue weighted by molar-refractivity contribution is 5.81. The highest BCUT2D eigenvalue weighted by Gasteiger charge is 2.31. The van der Waals surface area contributed by atoms with Crippen LogP contribution in [0.3, 0.4) is 0 Å². The molecule has 2 fully saturated rings. The fourth-order valence-corrected chi connectivity index (χ4v) is 3.87. The molecule has 2 aromatic rings. The van der Waals surface area contributed by atoms with Crippen LogP contribution in [0.2, 0.25) is 0 Å². The van der Waals surface area contributed by atoms with Crippen molar-refractivity contribution in [3.8, 4) is 0 Å². The molecule has 1 atom stereocenters. The number of likely N-dealkylation sites (tertiary alicyclic amines) is 1. The number of amides is 1. The number of piperidine rings is 1. The standard InChI is InChI=1S/C20H25N3O2/c24-20(19-7-4-12-25-19)23-10-8-16(9-11-23)18-14-17(21-22-18)13-15-5-2-1-3-6-15/h1-3,5-6,14,16,19H,4,7-13H2,(H,21,22)/t19-/m1/s1. The van der Waals surface area contributed by atoms with Crippen LogP contribution < -0.4 is 0 Å². The van der Waals surface area contributed by atoms with Gasteiger partial charge in [-0.2, -0.15) is 5.10 Å². The Morgan fingerprint density at radius 1 is 1.20 bits per heavy atom. The van der Waals surface area contributed by atoms with Crippen LogP contribution in [-0.2, 0) is 16.0 Å². The summed E-state index contributed by atoms with van der Waals surface area (Å²) >= 11 is 0. The molecule has 132 valence electrons. The molecule has 5 heteroatoms. The fourth-order valence-electron chi connectivity index (χ4n) is 3.87. The highest BCUT2D eigenvalue weighted by atomic mass is 16.5. The SMILES string of the molecule is O=C([C@H]1CCCO1)N1CCC(c2cc(Cc3ccccc3)[nH]n2)CC1. The number of rotatable bonds is 4. The van der Waals surface area contributed by atoms with Crippen molar-refractivity contribution in [2.24, 2.45) is 0 Å². The van der Waals surface area contributed by atoms with Crippen LogP contribution >= 0.6 is 0 Å². The topological polar surface area (TPSA) is 58.2 Å². The summed E-state index contributed by atoms with van der Waals surface area (Å²) < 4.78 is 5.53. The van der Waals surface area contributed by atoms with Gasteiger partial charge < -0.3 is 9.64 Å². The minimum Gasteiger partial charge on any atom is -0.368 e. The minimum atomic E-state index is -0.195. The molecule has 5 nitrogen and oxygen atoms in total. The van der Waals surface area contributed by atoms with E-state index < -0.39 is 0 Å². The first kappa shape index (κ1) is 16.3. The van der Waals surface area contributed by atoms with E-state index in [0.717, 1.165) is 63.2 Å². The molecule has 2 aliphatic heterocycles. The molecule has 25 heavy (non-hydrogen) atoms. The molecule has 1 aromatic heterocycles. The lowest BCUT2D eigenvalue weighted by Crippen LogP contribution is -2.43. The summed E-state index contributed by atoms with van der Waals surface area (Å²) in [6.07, 6.45) is 4.52. The van der Waals surface area contributed by atoms with Gasteiger partial charge in [0, 0.05) is 37.7 Å². The molecule has 0 aliphatic carbocycles. The monoisotopic (exact) mass is 339 g/mol. The van der Waals surface area contributed by atoms with Crippen molar-refractivity contribution >= 4 is 5.91 Å². The van der Waals surface area contributed by atoms with E-state index in [4.69, 9.17) is 4.74 Å². The van der Waals surface area contributed by atoms with Gasteiger partial charge in [0.25, 0.3) is 5.91 Å². The second-order valence-electron chi connectivity index (χ2n) is 7.08. The Bertz CT molecular complexity index is 699. The smallest absolute Gasteiger partial charge is 0.251 e. The Hall–Kier alpha value is -2.14. The van der Waals surface area contributed by atoms with Gasteiger partial charge in [-0.05, 0) is 37.3 Å². The number of nitrogens with zero attached hydrogens (tertiary/aromatic N) is 2. The van der Waals surface area contributed by atoms with Crippen molar-refractivity contribution in [1.29, 1.82) is 0 Å². The molecule has 1 N–H and O–H groups in total. The Morgan fingerprint density at radius 2 is 2.00 bits per heavy atom. The van der Waals surface area contributed by atoms with Gasteiger partial charge in [-0.1, -0.05) is 30.3 Å². The average Bonchev–Trinajstić information content (AvgIpc) is 3.34. The zero-order chi connectivity index (χ0) is 17.1. The Kier molecular flexibility index (Phi) is 4.83. The van der Waals surface area contributed by atoms with E-state index in [-0.39, 0.29) is 12.0 Å². The van der Waals surface area contributed by atoms with Crippen LogP contribution in [0.25, 0.3) is 0 Å². The van der Waals surface area contributed by atoms with E-state index in [1.165, 1.54) is 5.56 Å². The molecule has 3 heterocycles. The molecule has 0 bridgehead atoms. The van der Waals surface area contributed by atoms with E-state index >= 15 is 0 Å². The molecular weight excluding hydrogens is 314 g/mol. The molecule has 0 saturated carbocycles. The van der Waals surface area contributed by atoms with Crippen LogP contribution in [0, 0.1) is 0 Å². The third-order valence-corrected chi connectivity index (χ3v) is 5.32. The predicted octanol–water partition coefficient (Wildman–Crippen LogP) is 2.89. The molecule has 1 amide bonds. The molecule has 0 radical (unpaired) electrons. The number of aromatic amines is 1. The maximum absolute atomic E-state index is 12.4. The Labute approximate surface area is 148 Å². The number of carbonyl (C=O) groups is 1. The van der Waals surface area contributed by atoms with Gasteiger partial charge in [0.15, 0.2) is 0 Å². The molecule has 1 aromatic carbocycles. The van der Waals surface area contributed by atoms with Crippen molar-refractivity contribution in [3.63, 3.8) is 0 Å². The van der Waals surface area contributed by atoms with E-state index in [1.807, 2.05) is 11.0 Å². The maximum Gasteiger partial charge on any atom is 0.251 e. The summed E-state index contributed by atoms with van der Waals surface area (Å²) in [4.78, 5) is 14.4. The van der Waals surface area contributed by atoms with Crippen LogP contribution in [0.1, 0.15) is 48.6 Å². The average molecular weight is 339 g/mol. The van der Waals surface area contributed by atoms with Crippen molar-refractivity contribution < 1.29 is 9.53 Å². The minimum absolute atomic E-state index is 0.183. The second-order valence-corrected chi connectivity index (χ2v) is 7.08. The summed E-state index contributed by atoms with van der Waals surface area (Å²) in [7, 11) is 0. The molecule has 0 unspecified atom stereocenters. The zero-order valence-electron chi connectivity index (χ0n) is 14.5. The van der Waals surface area contributed by atoms with Crippen molar-refractivity contribution in [1.82, 2.24) is 15.1 Å². The fraction of sp³-hybridized carbons (Fsp3) is 0.500.